The van der Waals surface area contributed by atoms with Crippen molar-refractivity contribution in [2.24, 2.45) is 0 Å². The van der Waals surface area contributed by atoms with E-state index in [1.807, 2.05) is 24.3 Å². The van der Waals surface area contributed by atoms with Crippen LogP contribution in [0.2, 0.25) is 5.02 Å². The Morgan fingerprint density at radius 3 is 2.54 bits per heavy atom. The number of hydrogen-bond acceptors (Lipinski definition) is 4. The van der Waals surface area contributed by atoms with Gasteiger partial charge in [-0.1, -0.05) is 29.8 Å². The number of hydrogen-bond donors (Lipinski definition) is 2. The zero-order chi connectivity index (χ0) is 20.3. The molecule has 0 spiro atoms. The van der Waals surface area contributed by atoms with E-state index in [1.165, 1.54) is 0 Å². The van der Waals surface area contributed by atoms with Gasteiger partial charge >= 0.3 is 6.03 Å². The third-order valence-corrected chi connectivity index (χ3v) is 5.69. The number of amides is 4. The first kappa shape index (κ1) is 20.6. The molecule has 1 aromatic rings. The summed E-state index contributed by atoms with van der Waals surface area (Å²) in [5.41, 5.74) is 0.0839. The highest BCUT2D eigenvalue weighted by Gasteiger charge is 2.44. The second kappa shape index (κ2) is 8.49. The fourth-order valence-electron chi connectivity index (χ4n) is 3.77. The summed E-state index contributed by atoms with van der Waals surface area (Å²) in [6, 6.07) is 7.26. The molecule has 2 saturated heterocycles. The van der Waals surface area contributed by atoms with Crippen LogP contribution < -0.4 is 10.6 Å². The highest BCUT2D eigenvalue weighted by atomic mass is 35.5. The summed E-state index contributed by atoms with van der Waals surface area (Å²) < 4.78 is 0. The van der Waals surface area contributed by atoms with Gasteiger partial charge in [-0.15, -0.1) is 0 Å². The number of benzene rings is 1. The minimum Gasteiger partial charge on any atom is -0.354 e. The maximum atomic E-state index is 12.4. The lowest BCUT2D eigenvalue weighted by Gasteiger charge is -2.29. The van der Waals surface area contributed by atoms with E-state index in [0.717, 1.165) is 36.4 Å². The summed E-state index contributed by atoms with van der Waals surface area (Å²) in [6.07, 6.45) is 2.35. The van der Waals surface area contributed by atoms with Gasteiger partial charge in [0.25, 0.3) is 5.91 Å². The zero-order valence-electron chi connectivity index (χ0n) is 16.3. The Morgan fingerprint density at radius 1 is 1.25 bits per heavy atom. The molecule has 1 atom stereocenters. The zero-order valence-corrected chi connectivity index (χ0v) is 17.1. The first-order valence-electron chi connectivity index (χ1n) is 9.69. The van der Waals surface area contributed by atoms with Crippen molar-refractivity contribution in [3.8, 4) is 0 Å². The van der Waals surface area contributed by atoms with Gasteiger partial charge in [-0.2, -0.15) is 0 Å². The van der Waals surface area contributed by atoms with Crippen molar-refractivity contribution < 1.29 is 14.4 Å². The van der Waals surface area contributed by atoms with Crippen LogP contribution in [0.4, 0.5) is 4.79 Å². The van der Waals surface area contributed by atoms with E-state index in [-0.39, 0.29) is 30.8 Å². The Balaban J connectivity index is 1.57. The average Bonchev–Trinajstić information content (AvgIpc) is 3.23. The third kappa shape index (κ3) is 4.47. The number of carbonyl (C=O) groups excluding carboxylic acids is 3. The van der Waals surface area contributed by atoms with E-state index >= 15 is 0 Å². The summed E-state index contributed by atoms with van der Waals surface area (Å²) in [5, 5.41) is 6.26. The summed E-state index contributed by atoms with van der Waals surface area (Å²) in [5.74, 6) is -0.502. The van der Waals surface area contributed by atoms with Gasteiger partial charge in [0.05, 0.1) is 6.04 Å². The molecule has 152 valence electrons. The first-order chi connectivity index (χ1) is 13.3. The van der Waals surface area contributed by atoms with Crippen LogP contribution >= 0.6 is 11.6 Å². The molecule has 2 fully saturated rings. The maximum Gasteiger partial charge on any atom is 0.325 e. The minimum atomic E-state index is -0.918. The Morgan fingerprint density at radius 2 is 1.93 bits per heavy atom. The third-order valence-electron chi connectivity index (χ3n) is 5.35. The number of halogens is 1. The number of rotatable bonds is 7. The molecule has 0 saturated carbocycles. The van der Waals surface area contributed by atoms with Crippen LogP contribution in [0.15, 0.2) is 24.3 Å². The largest absolute Gasteiger partial charge is 0.354 e. The molecule has 7 nitrogen and oxygen atoms in total. The summed E-state index contributed by atoms with van der Waals surface area (Å²) >= 11 is 6.39. The van der Waals surface area contributed by atoms with Crippen molar-refractivity contribution >= 4 is 29.4 Å². The minimum absolute atomic E-state index is 0.0100. The normalized spacial score (nSPS) is 20.3. The van der Waals surface area contributed by atoms with Crippen LogP contribution in [0.1, 0.15) is 44.7 Å². The van der Waals surface area contributed by atoms with Gasteiger partial charge in [-0.05, 0) is 51.4 Å². The van der Waals surface area contributed by atoms with Gasteiger partial charge in [0.1, 0.15) is 5.54 Å². The van der Waals surface area contributed by atoms with Gasteiger partial charge < -0.3 is 10.6 Å². The van der Waals surface area contributed by atoms with Crippen LogP contribution in [0, 0.1) is 0 Å². The first-order valence-corrected chi connectivity index (χ1v) is 10.1. The lowest BCUT2D eigenvalue weighted by atomic mass is 10.1. The molecule has 2 aliphatic heterocycles. The molecule has 2 aliphatic rings. The van der Waals surface area contributed by atoms with Crippen molar-refractivity contribution in [1.29, 1.82) is 0 Å². The van der Waals surface area contributed by atoms with Crippen LogP contribution in [0.3, 0.4) is 0 Å². The smallest absolute Gasteiger partial charge is 0.325 e. The topological polar surface area (TPSA) is 81.8 Å². The molecule has 1 unspecified atom stereocenters. The van der Waals surface area contributed by atoms with Crippen LogP contribution in [0.25, 0.3) is 0 Å². The molecular weight excluding hydrogens is 380 g/mol. The van der Waals surface area contributed by atoms with Crippen molar-refractivity contribution in [2.45, 2.75) is 44.7 Å². The van der Waals surface area contributed by atoms with Gasteiger partial charge in [0.2, 0.25) is 5.91 Å². The van der Waals surface area contributed by atoms with E-state index in [0.29, 0.717) is 11.6 Å². The van der Waals surface area contributed by atoms with E-state index < -0.39 is 11.6 Å². The maximum absolute atomic E-state index is 12.4. The monoisotopic (exact) mass is 406 g/mol. The SMILES string of the molecule is CC1(C)NC(=O)N(CCC(=O)NCC(c2ccccc2Cl)N2CCCC2)C1=O. The molecule has 0 radical (unpaired) electrons. The fraction of sp³-hybridized carbons (Fsp3) is 0.550. The van der Waals surface area contributed by atoms with Crippen molar-refractivity contribution in [1.82, 2.24) is 20.4 Å². The fourth-order valence-corrected chi connectivity index (χ4v) is 4.03. The molecule has 2 heterocycles. The quantitative estimate of drug-likeness (QED) is 0.681. The predicted octanol–water partition coefficient (Wildman–Crippen LogP) is 2.31. The van der Waals surface area contributed by atoms with E-state index in [1.54, 1.807) is 13.8 Å². The average molecular weight is 407 g/mol. The van der Waals surface area contributed by atoms with E-state index in [9.17, 15) is 14.4 Å². The van der Waals surface area contributed by atoms with Crippen molar-refractivity contribution in [2.75, 3.05) is 26.2 Å². The summed E-state index contributed by atoms with van der Waals surface area (Å²) in [4.78, 5) is 39.9. The lowest BCUT2D eigenvalue weighted by Crippen LogP contribution is -2.41. The lowest BCUT2D eigenvalue weighted by molar-refractivity contribution is -0.130. The molecule has 0 aromatic heterocycles. The van der Waals surface area contributed by atoms with Gasteiger partial charge in [-0.3, -0.25) is 19.4 Å². The van der Waals surface area contributed by atoms with E-state index in [4.69, 9.17) is 11.6 Å². The number of likely N-dealkylation sites (tertiary alicyclic amines) is 1. The molecule has 0 aliphatic carbocycles. The summed E-state index contributed by atoms with van der Waals surface area (Å²) in [7, 11) is 0. The Labute approximate surface area is 170 Å². The van der Waals surface area contributed by atoms with E-state index in [2.05, 4.69) is 15.5 Å². The second-order valence-electron chi connectivity index (χ2n) is 7.85. The molecule has 3 rings (SSSR count). The second-order valence-corrected chi connectivity index (χ2v) is 8.25. The van der Waals surface area contributed by atoms with Crippen LogP contribution in [-0.2, 0) is 9.59 Å². The summed E-state index contributed by atoms with van der Waals surface area (Å²) in [6.45, 7) is 5.76. The molecule has 1 aromatic carbocycles. The van der Waals surface area contributed by atoms with Gasteiger partial charge in [-0.25, -0.2) is 4.79 Å². The van der Waals surface area contributed by atoms with Crippen molar-refractivity contribution in [3.05, 3.63) is 34.9 Å². The highest BCUT2D eigenvalue weighted by Crippen LogP contribution is 2.29. The molecule has 4 amide bonds. The van der Waals surface area contributed by atoms with Crippen LogP contribution in [-0.4, -0.2) is 59.4 Å². The molecule has 8 heteroatoms. The van der Waals surface area contributed by atoms with Gasteiger partial charge in [0.15, 0.2) is 0 Å². The Kier molecular flexibility index (Phi) is 6.25. The standard InChI is InChI=1S/C20H27ClN4O3/c1-20(2)18(27)25(19(28)23-20)12-9-17(26)22-13-16(24-10-5-6-11-24)14-7-3-4-8-15(14)21/h3-4,7-8,16H,5-6,9-13H2,1-2H3,(H,22,26)(H,23,28). The number of nitrogens with one attached hydrogen (secondary N) is 2. The number of urea groups is 1. The number of carbonyl (C=O) groups is 3. The van der Waals surface area contributed by atoms with Crippen LogP contribution in [0.5, 0.6) is 0 Å². The molecule has 2 N–H and O–H groups in total. The highest BCUT2D eigenvalue weighted by molar-refractivity contribution is 6.31. The Bertz CT molecular complexity index is 762. The van der Waals surface area contributed by atoms with Crippen molar-refractivity contribution in [3.63, 3.8) is 0 Å². The number of nitrogens with zero attached hydrogens (tertiary/aromatic N) is 2. The molecular formula is C20H27ClN4O3. The number of imide groups is 1. The molecule has 0 bridgehead atoms. The molecule has 28 heavy (non-hydrogen) atoms. The Hall–Kier alpha value is -2.12. The predicted molar refractivity (Wildman–Crippen MR) is 107 cm³/mol. The van der Waals surface area contributed by atoms with Gasteiger partial charge in [0, 0.05) is 24.5 Å².